The monoisotopic (exact) mass is 244 g/mol. The first kappa shape index (κ1) is 13.4. The predicted molar refractivity (Wildman–Crippen MR) is 57.2 cm³/mol. The van der Waals surface area contributed by atoms with Gasteiger partial charge in [-0.05, 0) is 6.42 Å². The molecule has 7 nitrogen and oxygen atoms in total. The minimum Gasteiger partial charge on any atom is -0.480 e. The molecule has 0 aromatic heterocycles. The van der Waals surface area contributed by atoms with E-state index in [-0.39, 0.29) is 18.9 Å². The van der Waals surface area contributed by atoms with Crippen molar-refractivity contribution in [3.05, 3.63) is 0 Å². The molecule has 0 aromatic rings. The van der Waals surface area contributed by atoms with Gasteiger partial charge in [0.2, 0.25) is 11.8 Å². The molecule has 2 atom stereocenters. The Hall–Kier alpha value is -1.63. The minimum absolute atomic E-state index is 0.186. The first-order valence-corrected chi connectivity index (χ1v) is 5.36. The molecular weight excluding hydrogens is 228 g/mol. The SMILES string of the molecule is COCCC(NC(=O)C1CCC(=O)N1)C(=O)O. The highest BCUT2D eigenvalue weighted by atomic mass is 16.5. The number of carbonyl (C=O) groups is 3. The molecule has 96 valence electrons. The van der Waals surface area contributed by atoms with Gasteiger partial charge in [-0.2, -0.15) is 0 Å². The number of amides is 2. The maximum Gasteiger partial charge on any atom is 0.326 e. The van der Waals surface area contributed by atoms with Gasteiger partial charge in [0.05, 0.1) is 0 Å². The summed E-state index contributed by atoms with van der Waals surface area (Å²) in [7, 11) is 1.46. The summed E-state index contributed by atoms with van der Waals surface area (Å²) in [5.41, 5.74) is 0. The number of rotatable bonds is 6. The largest absolute Gasteiger partial charge is 0.480 e. The van der Waals surface area contributed by atoms with E-state index in [1.165, 1.54) is 7.11 Å². The summed E-state index contributed by atoms with van der Waals surface area (Å²) in [5, 5.41) is 13.7. The molecule has 1 fully saturated rings. The van der Waals surface area contributed by atoms with Crippen LogP contribution in [-0.4, -0.2) is 48.7 Å². The molecule has 0 radical (unpaired) electrons. The molecule has 7 heteroatoms. The fourth-order valence-corrected chi connectivity index (χ4v) is 1.58. The Morgan fingerprint density at radius 3 is 2.82 bits per heavy atom. The second kappa shape index (κ2) is 6.19. The maximum atomic E-state index is 11.6. The number of carboxylic acids is 1. The first-order valence-electron chi connectivity index (χ1n) is 5.36. The van der Waals surface area contributed by atoms with Crippen LogP contribution in [-0.2, 0) is 19.1 Å². The summed E-state index contributed by atoms with van der Waals surface area (Å²) in [5.74, 6) is -1.76. The van der Waals surface area contributed by atoms with E-state index in [0.717, 1.165) is 0 Å². The highest BCUT2D eigenvalue weighted by Gasteiger charge is 2.30. The van der Waals surface area contributed by atoms with Gasteiger partial charge < -0.3 is 20.5 Å². The van der Waals surface area contributed by atoms with Gasteiger partial charge in [0.15, 0.2) is 0 Å². The van der Waals surface area contributed by atoms with Crippen LogP contribution in [0.15, 0.2) is 0 Å². The standard InChI is InChI=1S/C10H16N2O5/c1-17-5-4-7(10(15)16)12-9(14)6-2-3-8(13)11-6/h6-7H,2-5H2,1H3,(H,11,13)(H,12,14)(H,15,16). The van der Waals surface area contributed by atoms with Crippen molar-refractivity contribution in [3.8, 4) is 0 Å². The molecule has 1 rings (SSSR count). The fraction of sp³-hybridized carbons (Fsp3) is 0.700. The zero-order chi connectivity index (χ0) is 12.8. The molecule has 2 amide bonds. The van der Waals surface area contributed by atoms with E-state index in [9.17, 15) is 14.4 Å². The Morgan fingerprint density at radius 2 is 2.35 bits per heavy atom. The third kappa shape index (κ3) is 4.03. The van der Waals surface area contributed by atoms with E-state index >= 15 is 0 Å². The average molecular weight is 244 g/mol. The van der Waals surface area contributed by atoms with Crippen molar-refractivity contribution >= 4 is 17.8 Å². The van der Waals surface area contributed by atoms with E-state index in [1.807, 2.05) is 0 Å². The van der Waals surface area contributed by atoms with Crippen molar-refractivity contribution in [2.24, 2.45) is 0 Å². The number of hydrogen-bond donors (Lipinski definition) is 3. The second-order valence-electron chi connectivity index (χ2n) is 3.84. The molecule has 0 bridgehead atoms. The summed E-state index contributed by atoms with van der Waals surface area (Å²) < 4.78 is 4.76. The summed E-state index contributed by atoms with van der Waals surface area (Å²) in [6.07, 6.45) is 0.896. The maximum absolute atomic E-state index is 11.6. The molecule has 0 aromatic carbocycles. The highest BCUT2D eigenvalue weighted by Crippen LogP contribution is 2.07. The summed E-state index contributed by atoms with van der Waals surface area (Å²) in [6, 6.07) is -1.60. The number of carboxylic acid groups (broad SMARTS) is 1. The molecular formula is C10H16N2O5. The Bertz CT molecular complexity index is 318. The van der Waals surface area contributed by atoms with Gasteiger partial charge >= 0.3 is 5.97 Å². The van der Waals surface area contributed by atoms with E-state index in [0.29, 0.717) is 12.8 Å². The summed E-state index contributed by atoms with van der Waals surface area (Å²) >= 11 is 0. The lowest BCUT2D eigenvalue weighted by Crippen LogP contribution is -2.49. The van der Waals surface area contributed by atoms with Gasteiger partial charge in [0.1, 0.15) is 12.1 Å². The van der Waals surface area contributed by atoms with Gasteiger partial charge in [0.25, 0.3) is 0 Å². The topological polar surface area (TPSA) is 105 Å². The van der Waals surface area contributed by atoms with Crippen molar-refractivity contribution in [1.82, 2.24) is 10.6 Å². The van der Waals surface area contributed by atoms with Crippen LogP contribution in [0, 0.1) is 0 Å². The third-order valence-corrected chi connectivity index (χ3v) is 2.54. The molecule has 1 saturated heterocycles. The van der Waals surface area contributed by atoms with Gasteiger partial charge in [-0.15, -0.1) is 0 Å². The van der Waals surface area contributed by atoms with Crippen LogP contribution < -0.4 is 10.6 Å². The molecule has 0 aliphatic carbocycles. The summed E-state index contributed by atoms with van der Waals surface area (Å²) in [4.78, 5) is 33.4. The average Bonchev–Trinajstić information content (AvgIpc) is 2.70. The van der Waals surface area contributed by atoms with E-state index in [1.54, 1.807) is 0 Å². The predicted octanol–water partition coefficient (Wildman–Crippen LogP) is -1.13. The Kier molecular flexibility index (Phi) is 4.89. The van der Waals surface area contributed by atoms with Crippen molar-refractivity contribution in [2.45, 2.75) is 31.3 Å². The van der Waals surface area contributed by atoms with Crippen molar-refractivity contribution in [3.63, 3.8) is 0 Å². The van der Waals surface area contributed by atoms with E-state index in [2.05, 4.69) is 10.6 Å². The van der Waals surface area contributed by atoms with E-state index < -0.39 is 24.0 Å². The first-order chi connectivity index (χ1) is 8.04. The van der Waals surface area contributed by atoms with Crippen LogP contribution in [0.2, 0.25) is 0 Å². The summed E-state index contributed by atoms with van der Waals surface area (Å²) in [6.45, 7) is 0.244. The van der Waals surface area contributed by atoms with Crippen LogP contribution in [0.3, 0.4) is 0 Å². The number of methoxy groups -OCH3 is 1. The number of aliphatic carboxylic acids is 1. The lowest BCUT2D eigenvalue weighted by atomic mass is 10.1. The van der Waals surface area contributed by atoms with Crippen molar-refractivity contribution in [1.29, 1.82) is 0 Å². The number of nitrogens with one attached hydrogen (secondary N) is 2. The fourth-order valence-electron chi connectivity index (χ4n) is 1.58. The molecule has 17 heavy (non-hydrogen) atoms. The number of ether oxygens (including phenoxy) is 1. The molecule has 2 unspecified atom stereocenters. The third-order valence-electron chi connectivity index (χ3n) is 2.54. The van der Waals surface area contributed by atoms with Crippen LogP contribution in [0.25, 0.3) is 0 Å². The smallest absolute Gasteiger partial charge is 0.326 e. The molecule has 0 saturated carbocycles. The molecule has 3 N–H and O–H groups in total. The molecule has 0 spiro atoms. The van der Waals surface area contributed by atoms with Gasteiger partial charge in [-0.25, -0.2) is 4.79 Å². The van der Waals surface area contributed by atoms with Crippen LogP contribution >= 0.6 is 0 Å². The second-order valence-corrected chi connectivity index (χ2v) is 3.84. The quantitative estimate of drug-likeness (QED) is 0.548. The van der Waals surface area contributed by atoms with Crippen molar-refractivity contribution < 1.29 is 24.2 Å². The molecule has 1 aliphatic rings. The lowest BCUT2D eigenvalue weighted by molar-refractivity contribution is -0.142. The Labute approximate surface area is 98.5 Å². The van der Waals surface area contributed by atoms with Gasteiger partial charge in [0, 0.05) is 26.6 Å². The van der Waals surface area contributed by atoms with Gasteiger partial charge in [-0.3, -0.25) is 9.59 Å². The lowest BCUT2D eigenvalue weighted by Gasteiger charge is -2.16. The van der Waals surface area contributed by atoms with Crippen LogP contribution in [0.5, 0.6) is 0 Å². The zero-order valence-electron chi connectivity index (χ0n) is 9.56. The number of carbonyl (C=O) groups excluding carboxylic acids is 2. The van der Waals surface area contributed by atoms with Crippen LogP contribution in [0.1, 0.15) is 19.3 Å². The highest BCUT2D eigenvalue weighted by molar-refractivity contribution is 5.92. The minimum atomic E-state index is -1.11. The Balaban J connectivity index is 2.46. The molecule has 1 heterocycles. The zero-order valence-corrected chi connectivity index (χ0v) is 9.56. The van der Waals surface area contributed by atoms with Crippen molar-refractivity contribution in [2.75, 3.05) is 13.7 Å². The normalized spacial score (nSPS) is 20.8. The number of hydrogen-bond acceptors (Lipinski definition) is 4. The Morgan fingerprint density at radius 1 is 1.65 bits per heavy atom. The van der Waals surface area contributed by atoms with Crippen LogP contribution in [0.4, 0.5) is 0 Å². The molecule has 1 aliphatic heterocycles. The van der Waals surface area contributed by atoms with E-state index in [4.69, 9.17) is 9.84 Å². The van der Waals surface area contributed by atoms with Gasteiger partial charge in [-0.1, -0.05) is 0 Å².